The van der Waals surface area contributed by atoms with Crippen LogP contribution in [0.2, 0.25) is 0 Å². The molecule has 1 aliphatic rings. The van der Waals surface area contributed by atoms with Gasteiger partial charge in [0, 0.05) is 31.5 Å². The van der Waals surface area contributed by atoms with Crippen LogP contribution in [0.1, 0.15) is 18.4 Å². The molecule has 1 aromatic rings. The molecule has 0 aromatic heterocycles. The van der Waals surface area contributed by atoms with Crippen molar-refractivity contribution in [3.63, 3.8) is 0 Å². The van der Waals surface area contributed by atoms with Crippen molar-refractivity contribution in [1.29, 1.82) is 5.41 Å². The van der Waals surface area contributed by atoms with Crippen molar-refractivity contribution in [2.45, 2.75) is 12.8 Å². The van der Waals surface area contributed by atoms with Crippen LogP contribution in [0.3, 0.4) is 0 Å². The van der Waals surface area contributed by atoms with Gasteiger partial charge in [-0.1, -0.05) is 0 Å². The molecule has 0 spiro atoms. The van der Waals surface area contributed by atoms with Crippen molar-refractivity contribution in [3.8, 4) is 0 Å². The Labute approximate surface area is 108 Å². The van der Waals surface area contributed by atoms with E-state index < -0.39 is 0 Å². The molecule has 4 nitrogen and oxygen atoms in total. The highest BCUT2D eigenvalue weighted by Gasteiger charge is 2.19. The number of benzene rings is 1. The van der Waals surface area contributed by atoms with Gasteiger partial charge in [-0.15, -0.1) is 0 Å². The van der Waals surface area contributed by atoms with Gasteiger partial charge in [0.05, 0.1) is 6.61 Å². The fraction of sp³-hybridized carbons (Fsp3) is 0.500. The number of piperidine rings is 1. The maximum absolute atomic E-state index is 7.38. The average molecular weight is 247 g/mol. The molecule has 1 aliphatic heterocycles. The molecule has 4 heteroatoms. The number of nitrogen functional groups attached to an aromatic ring is 1. The second-order valence-electron chi connectivity index (χ2n) is 4.87. The molecule has 1 unspecified atom stereocenters. The molecule has 0 bridgehead atoms. The van der Waals surface area contributed by atoms with E-state index in [2.05, 4.69) is 4.90 Å². The van der Waals surface area contributed by atoms with Crippen LogP contribution in [0.25, 0.3) is 0 Å². The Hall–Kier alpha value is -1.55. The van der Waals surface area contributed by atoms with Crippen LogP contribution in [-0.2, 0) is 4.74 Å². The topological polar surface area (TPSA) is 62.3 Å². The van der Waals surface area contributed by atoms with Gasteiger partial charge in [0.25, 0.3) is 0 Å². The molecule has 0 saturated carbocycles. The molecule has 2 rings (SSSR count). The zero-order chi connectivity index (χ0) is 13.0. The van der Waals surface area contributed by atoms with Crippen molar-refractivity contribution in [1.82, 2.24) is 0 Å². The SMILES string of the molecule is COCC1CCCN(c2ccc(C(=N)N)cc2)C1. The summed E-state index contributed by atoms with van der Waals surface area (Å²) < 4.78 is 5.24. The van der Waals surface area contributed by atoms with Crippen LogP contribution < -0.4 is 10.6 Å². The highest BCUT2D eigenvalue weighted by atomic mass is 16.5. The van der Waals surface area contributed by atoms with Crippen molar-refractivity contribution >= 4 is 11.5 Å². The summed E-state index contributed by atoms with van der Waals surface area (Å²) >= 11 is 0. The van der Waals surface area contributed by atoms with E-state index in [0.717, 1.165) is 25.3 Å². The molecule has 0 radical (unpaired) electrons. The fourth-order valence-corrected chi connectivity index (χ4v) is 2.52. The maximum atomic E-state index is 7.38. The van der Waals surface area contributed by atoms with Crippen LogP contribution in [0.5, 0.6) is 0 Å². The molecule has 0 aliphatic carbocycles. The molecule has 3 N–H and O–H groups in total. The summed E-state index contributed by atoms with van der Waals surface area (Å²) in [5, 5.41) is 7.38. The van der Waals surface area contributed by atoms with Gasteiger partial charge in [0.2, 0.25) is 0 Å². The summed E-state index contributed by atoms with van der Waals surface area (Å²) in [5.74, 6) is 0.744. The third kappa shape index (κ3) is 3.01. The van der Waals surface area contributed by atoms with Crippen LogP contribution >= 0.6 is 0 Å². The van der Waals surface area contributed by atoms with Crippen molar-refractivity contribution in [2.24, 2.45) is 11.7 Å². The molecule has 18 heavy (non-hydrogen) atoms. The second kappa shape index (κ2) is 5.87. The molecule has 1 saturated heterocycles. The summed E-state index contributed by atoms with van der Waals surface area (Å²) in [5.41, 5.74) is 7.45. The summed E-state index contributed by atoms with van der Waals surface area (Å²) in [6.45, 7) is 2.98. The van der Waals surface area contributed by atoms with Gasteiger partial charge in [-0.05, 0) is 43.0 Å². The number of rotatable bonds is 4. The lowest BCUT2D eigenvalue weighted by molar-refractivity contribution is 0.143. The minimum atomic E-state index is 0.123. The third-order valence-electron chi connectivity index (χ3n) is 3.46. The Morgan fingerprint density at radius 3 is 2.78 bits per heavy atom. The minimum absolute atomic E-state index is 0.123. The van der Waals surface area contributed by atoms with Gasteiger partial charge < -0.3 is 15.4 Å². The lowest BCUT2D eigenvalue weighted by atomic mass is 9.98. The van der Waals surface area contributed by atoms with E-state index in [-0.39, 0.29) is 5.84 Å². The van der Waals surface area contributed by atoms with E-state index in [1.54, 1.807) is 7.11 Å². The highest BCUT2D eigenvalue weighted by molar-refractivity contribution is 5.95. The summed E-state index contributed by atoms with van der Waals surface area (Å²) in [7, 11) is 1.76. The molecule has 98 valence electrons. The molecule has 1 aromatic carbocycles. The van der Waals surface area contributed by atoms with Gasteiger partial charge in [-0.2, -0.15) is 0 Å². The average Bonchev–Trinajstić information content (AvgIpc) is 2.39. The second-order valence-corrected chi connectivity index (χ2v) is 4.87. The van der Waals surface area contributed by atoms with Gasteiger partial charge in [-0.3, -0.25) is 5.41 Å². The van der Waals surface area contributed by atoms with Crippen LogP contribution in [0, 0.1) is 11.3 Å². The van der Waals surface area contributed by atoms with E-state index in [1.807, 2.05) is 24.3 Å². The number of hydrogen-bond donors (Lipinski definition) is 2. The van der Waals surface area contributed by atoms with Crippen LogP contribution in [0.15, 0.2) is 24.3 Å². The van der Waals surface area contributed by atoms with Gasteiger partial charge in [0.15, 0.2) is 0 Å². The normalized spacial score (nSPS) is 19.8. The first kappa shape index (κ1) is 12.9. The number of nitrogens with two attached hydrogens (primary N) is 1. The molecule has 1 heterocycles. The Bertz CT molecular complexity index is 400. The summed E-state index contributed by atoms with van der Waals surface area (Å²) in [4.78, 5) is 2.39. The fourth-order valence-electron chi connectivity index (χ4n) is 2.52. The van der Waals surface area contributed by atoms with Crippen LogP contribution in [0.4, 0.5) is 5.69 Å². The first-order valence-corrected chi connectivity index (χ1v) is 6.39. The van der Waals surface area contributed by atoms with Crippen molar-refractivity contribution < 1.29 is 4.74 Å². The third-order valence-corrected chi connectivity index (χ3v) is 3.46. The van der Waals surface area contributed by atoms with E-state index >= 15 is 0 Å². The maximum Gasteiger partial charge on any atom is 0.122 e. The monoisotopic (exact) mass is 247 g/mol. The standard InChI is InChI=1S/C14H21N3O/c1-18-10-11-3-2-8-17(9-11)13-6-4-12(5-7-13)14(15)16/h4-7,11H,2-3,8-10H2,1H3,(H3,15,16). The van der Waals surface area contributed by atoms with Crippen molar-refractivity contribution in [3.05, 3.63) is 29.8 Å². The highest BCUT2D eigenvalue weighted by Crippen LogP contribution is 2.23. The van der Waals surface area contributed by atoms with E-state index in [9.17, 15) is 0 Å². The Morgan fingerprint density at radius 2 is 2.17 bits per heavy atom. The zero-order valence-corrected chi connectivity index (χ0v) is 10.9. The molecular weight excluding hydrogens is 226 g/mol. The van der Waals surface area contributed by atoms with Crippen LogP contribution in [-0.4, -0.2) is 32.6 Å². The number of nitrogens with zero attached hydrogens (tertiary/aromatic N) is 1. The first-order chi connectivity index (χ1) is 8.70. The molecule has 1 fully saturated rings. The predicted molar refractivity (Wildman–Crippen MR) is 74.3 cm³/mol. The predicted octanol–water partition coefficient (Wildman–Crippen LogP) is 1.83. The van der Waals surface area contributed by atoms with Crippen molar-refractivity contribution in [2.75, 3.05) is 31.7 Å². The Kier molecular flexibility index (Phi) is 4.20. The first-order valence-electron chi connectivity index (χ1n) is 6.39. The van der Waals surface area contributed by atoms with E-state index in [4.69, 9.17) is 15.9 Å². The quantitative estimate of drug-likeness (QED) is 0.630. The number of anilines is 1. The molecule has 0 amide bonds. The summed E-state index contributed by atoms with van der Waals surface area (Å²) in [6.07, 6.45) is 2.46. The number of ether oxygens (including phenoxy) is 1. The number of methoxy groups -OCH3 is 1. The lowest BCUT2D eigenvalue weighted by Crippen LogP contribution is -2.37. The number of hydrogen-bond acceptors (Lipinski definition) is 3. The number of amidine groups is 1. The molecular formula is C14H21N3O. The molecule has 1 atom stereocenters. The van der Waals surface area contributed by atoms with Gasteiger partial charge in [0.1, 0.15) is 5.84 Å². The lowest BCUT2D eigenvalue weighted by Gasteiger charge is -2.34. The van der Waals surface area contributed by atoms with E-state index in [1.165, 1.54) is 18.5 Å². The Morgan fingerprint density at radius 1 is 1.44 bits per heavy atom. The van der Waals surface area contributed by atoms with Gasteiger partial charge >= 0.3 is 0 Å². The van der Waals surface area contributed by atoms with E-state index in [0.29, 0.717) is 5.92 Å². The smallest absolute Gasteiger partial charge is 0.122 e. The number of nitrogens with one attached hydrogen (secondary N) is 1. The summed E-state index contributed by atoms with van der Waals surface area (Å²) in [6, 6.07) is 7.92. The largest absolute Gasteiger partial charge is 0.384 e. The van der Waals surface area contributed by atoms with Gasteiger partial charge in [-0.25, -0.2) is 0 Å². The zero-order valence-electron chi connectivity index (χ0n) is 10.9. The Balaban J connectivity index is 2.04. The minimum Gasteiger partial charge on any atom is -0.384 e.